The predicted octanol–water partition coefficient (Wildman–Crippen LogP) is 2.10. The van der Waals surface area contributed by atoms with Crippen LogP contribution in [0.5, 0.6) is 0 Å². The van der Waals surface area contributed by atoms with Gasteiger partial charge in [0.25, 0.3) is 0 Å². The van der Waals surface area contributed by atoms with Gasteiger partial charge in [-0.2, -0.15) is 0 Å². The Morgan fingerprint density at radius 1 is 1.52 bits per heavy atom. The van der Waals surface area contributed by atoms with E-state index in [-0.39, 0.29) is 12.0 Å². The Bertz CT molecular complexity index is 493. The molecule has 0 radical (unpaired) electrons. The quantitative estimate of drug-likeness (QED) is 0.907. The summed E-state index contributed by atoms with van der Waals surface area (Å²) in [6.07, 6.45) is 4.27. The predicted molar refractivity (Wildman–Crippen MR) is 78.7 cm³/mol. The zero-order valence-corrected chi connectivity index (χ0v) is 13.2. The molecule has 2 atom stereocenters. The molecule has 2 rings (SSSR count). The van der Waals surface area contributed by atoms with E-state index in [1.807, 2.05) is 38.6 Å². The zero-order valence-electron chi connectivity index (χ0n) is 13.2. The molecule has 1 aromatic heterocycles. The molecular formula is C15H25N3O3. The Kier molecular flexibility index (Phi) is 4.56. The van der Waals surface area contributed by atoms with Gasteiger partial charge in [-0.1, -0.05) is 0 Å². The van der Waals surface area contributed by atoms with Crippen molar-refractivity contribution in [3.8, 4) is 0 Å². The lowest BCUT2D eigenvalue weighted by atomic mass is 9.92. The molecule has 6 nitrogen and oxygen atoms in total. The van der Waals surface area contributed by atoms with Gasteiger partial charge in [0.1, 0.15) is 17.5 Å². The first-order valence-corrected chi connectivity index (χ1v) is 7.41. The number of amides is 1. The molecule has 0 bridgehead atoms. The fourth-order valence-corrected chi connectivity index (χ4v) is 2.63. The Morgan fingerprint density at radius 3 is 2.81 bits per heavy atom. The van der Waals surface area contributed by atoms with E-state index >= 15 is 0 Å². The minimum Gasteiger partial charge on any atom is -0.444 e. The van der Waals surface area contributed by atoms with Crippen molar-refractivity contribution in [3.05, 3.63) is 18.2 Å². The van der Waals surface area contributed by atoms with Gasteiger partial charge in [0.05, 0.1) is 0 Å². The van der Waals surface area contributed by atoms with Crippen molar-refractivity contribution in [1.82, 2.24) is 14.5 Å². The smallest absolute Gasteiger partial charge is 0.410 e. The molecule has 6 heteroatoms. The molecule has 1 aliphatic heterocycles. The van der Waals surface area contributed by atoms with E-state index in [4.69, 9.17) is 4.74 Å². The average molecular weight is 295 g/mol. The molecule has 1 amide bonds. The third-order valence-electron chi connectivity index (χ3n) is 3.68. The van der Waals surface area contributed by atoms with Crippen molar-refractivity contribution in [3.63, 3.8) is 0 Å². The zero-order chi connectivity index (χ0) is 15.6. The molecule has 1 saturated heterocycles. The van der Waals surface area contributed by atoms with Crippen LogP contribution >= 0.6 is 0 Å². The van der Waals surface area contributed by atoms with Gasteiger partial charge in [-0.15, -0.1) is 0 Å². The van der Waals surface area contributed by atoms with E-state index in [0.29, 0.717) is 18.9 Å². The lowest BCUT2D eigenvalue weighted by Gasteiger charge is -2.35. The number of piperidine rings is 1. The summed E-state index contributed by atoms with van der Waals surface area (Å²) < 4.78 is 7.22. The van der Waals surface area contributed by atoms with Crippen molar-refractivity contribution in [2.45, 2.75) is 45.3 Å². The standard InChI is InChI=1S/C15H25N3O3/c1-15(2,3)21-14(20)18-8-5-6-11(10-18)12(19)13-16-7-9-17(13)4/h7,9,11-12,19H,5-6,8,10H2,1-4H3. The van der Waals surface area contributed by atoms with Crippen LogP contribution in [0.2, 0.25) is 0 Å². The number of hydrogen-bond acceptors (Lipinski definition) is 4. The summed E-state index contributed by atoms with van der Waals surface area (Å²) in [6.45, 7) is 6.75. The molecule has 21 heavy (non-hydrogen) atoms. The Balaban J connectivity index is 2.01. The molecule has 1 aliphatic rings. The minimum atomic E-state index is -0.657. The molecule has 0 saturated carbocycles. The van der Waals surface area contributed by atoms with Crippen molar-refractivity contribution in [1.29, 1.82) is 0 Å². The third-order valence-corrected chi connectivity index (χ3v) is 3.68. The number of rotatable bonds is 2. The number of imidazole rings is 1. The van der Waals surface area contributed by atoms with E-state index in [9.17, 15) is 9.90 Å². The van der Waals surface area contributed by atoms with Gasteiger partial charge in [-0.3, -0.25) is 0 Å². The maximum Gasteiger partial charge on any atom is 0.410 e. The van der Waals surface area contributed by atoms with Gasteiger partial charge in [-0.25, -0.2) is 9.78 Å². The van der Waals surface area contributed by atoms with Gasteiger partial charge >= 0.3 is 6.09 Å². The largest absolute Gasteiger partial charge is 0.444 e. The molecule has 0 aromatic carbocycles. The topological polar surface area (TPSA) is 67.6 Å². The number of likely N-dealkylation sites (tertiary alicyclic amines) is 1. The van der Waals surface area contributed by atoms with Crippen LogP contribution in [0.3, 0.4) is 0 Å². The van der Waals surface area contributed by atoms with Gasteiger partial charge in [0.15, 0.2) is 0 Å². The summed E-state index contributed by atoms with van der Waals surface area (Å²) >= 11 is 0. The second-order valence-corrected chi connectivity index (χ2v) is 6.67. The van der Waals surface area contributed by atoms with Crippen molar-refractivity contribution in [2.75, 3.05) is 13.1 Å². The Labute approximate surface area is 125 Å². The first-order chi connectivity index (χ1) is 9.78. The van der Waals surface area contributed by atoms with E-state index in [0.717, 1.165) is 12.8 Å². The van der Waals surface area contributed by atoms with Gasteiger partial charge < -0.3 is 19.3 Å². The van der Waals surface area contributed by atoms with Gasteiger partial charge in [-0.05, 0) is 33.6 Å². The molecule has 2 heterocycles. The van der Waals surface area contributed by atoms with Gasteiger partial charge in [0, 0.05) is 38.4 Å². The summed E-state index contributed by atoms with van der Waals surface area (Å²) in [5.74, 6) is 0.637. The van der Waals surface area contributed by atoms with Crippen LogP contribution in [0.4, 0.5) is 4.79 Å². The normalized spacial score (nSPS) is 21.2. The molecule has 1 fully saturated rings. The lowest BCUT2D eigenvalue weighted by Crippen LogP contribution is -2.44. The first kappa shape index (κ1) is 15.8. The van der Waals surface area contributed by atoms with Crippen LogP contribution in [-0.4, -0.2) is 44.3 Å². The SMILES string of the molecule is Cn1ccnc1C(O)C1CCCN(C(=O)OC(C)(C)C)C1. The fraction of sp³-hybridized carbons (Fsp3) is 0.733. The molecule has 0 spiro atoms. The summed E-state index contributed by atoms with van der Waals surface area (Å²) in [7, 11) is 1.86. The highest BCUT2D eigenvalue weighted by atomic mass is 16.6. The average Bonchev–Trinajstić information content (AvgIpc) is 2.82. The molecular weight excluding hydrogens is 270 g/mol. The van der Waals surface area contributed by atoms with E-state index in [2.05, 4.69) is 4.98 Å². The van der Waals surface area contributed by atoms with Crippen LogP contribution < -0.4 is 0 Å². The van der Waals surface area contributed by atoms with Crippen molar-refractivity contribution < 1.29 is 14.6 Å². The maximum atomic E-state index is 12.1. The van der Waals surface area contributed by atoms with E-state index in [1.165, 1.54) is 0 Å². The Morgan fingerprint density at radius 2 is 2.24 bits per heavy atom. The van der Waals surface area contributed by atoms with E-state index < -0.39 is 11.7 Å². The lowest BCUT2D eigenvalue weighted by molar-refractivity contribution is 0.000567. The van der Waals surface area contributed by atoms with Crippen LogP contribution in [0, 0.1) is 5.92 Å². The number of nitrogens with zero attached hydrogens (tertiary/aromatic N) is 3. The minimum absolute atomic E-state index is 0.00707. The highest BCUT2D eigenvalue weighted by Gasteiger charge is 2.32. The van der Waals surface area contributed by atoms with Crippen LogP contribution in [0.25, 0.3) is 0 Å². The Hall–Kier alpha value is -1.56. The van der Waals surface area contributed by atoms with Crippen molar-refractivity contribution >= 4 is 6.09 Å². The summed E-state index contributed by atoms with van der Waals surface area (Å²) in [5.41, 5.74) is -0.498. The van der Waals surface area contributed by atoms with Crippen LogP contribution in [-0.2, 0) is 11.8 Å². The third kappa shape index (κ3) is 3.97. The molecule has 1 aromatic rings. The summed E-state index contributed by atoms with van der Waals surface area (Å²) in [4.78, 5) is 18.0. The van der Waals surface area contributed by atoms with Gasteiger partial charge in [0.2, 0.25) is 0 Å². The molecule has 1 N–H and O–H groups in total. The monoisotopic (exact) mass is 295 g/mol. The highest BCUT2D eigenvalue weighted by molar-refractivity contribution is 5.68. The number of hydrogen-bond donors (Lipinski definition) is 1. The number of aryl methyl sites for hydroxylation is 1. The first-order valence-electron chi connectivity index (χ1n) is 7.41. The van der Waals surface area contributed by atoms with Crippen LogP contribution in [0.1, 0.15) is 45.5 Å². The second-order valence-electron chi connectivity index (χ2n) is 6.67. The van der Waals surface area contributed by atoms with Crippen molar-refractivity contribution in [2.24, 2.45) is 13.0 Å². The number of carbonyl (C=O) groups is 1. The number of aliphatic hydroxyl groups excluding tert-OH is 1. The summed E-state index contributed by atoms with van der Waals surface area (Å²) in [6, 6.07) is 0. The number of aromatic nitrogens is 2. The highest BCUT2D eigenvalue weighted by Crippen LogP contribution is 2.29. The molecule has 0 aliphatic carbocycles. The number of aliphatic hydroxyl groups is 1. The molecule has 2 unspecified atom stereocenters. The molecule has 118 valence electrons. The van der Waals surface area contributed by atoms with Crippen LogP contribution in [0.15, 0.2) is 12.4 Å². The number of ether oxygens (including phenoxy) is 1. The second kappa shape index (κ2) is 6.05. The maximum absolute atomic E-state index is 12.1. The number of carbonyl (C=O) groups excluding carboxylic acids is 1. The summed E-state index contributed by atoms with van der Waals surface area (Å²) in [5, 5.41) is 10.5. The van der Waals surface area contributed by atoms with E-state index in [1.54, 1.807) is 11.1 Å². The fourth-order valence-electron chi connectivity index (χ4n) is 2.63.